The van der Waals surface area contributed by atoms with Gasteiger partial charge in [0.05, 0.1) is 19.8 Å². The van der Waals surface area contributed by atoms with Gasteiger partial charge in [-0.1, -0.05) is 72.8 Å². The zero-order valence-corrected chi connectivity index (χ0v) is 20.3. The van der Waals surface area contributed by atoms with E-state index >= 15 is 4.39 Å². The molecule has 5 rings (SSSR count). The normalized spacial score (nSPS) is 19.6. The highest BCUT2D eigenvalue weighted by Gasteiger charge is 2.42. The first-order valence-corrected chi connectivity index (χ1v) is 12.0. The third-order valence-corrected chi connectivity index (χ3v) is 6.60. The van der Waals surface area contributed by atoms with Crippen LogP contribution in [0.5, 0.6) is 5.75 Å². The quantitative estimate of drug-likeness (QED) is 0.366. The number of rotatable bonds is 8. The molecule has 3 aromatic carbocycles. The average Bonchev–Trinajstić information content (AvgIpc) is 3.30. The van der Waals surface area contributed by atoms with E-state index in [9.17, 15) is 9.59 Å². The Hall–Kier alpha value is -4.01. The van der Waals surface area contributed by atoms with Gasteiger partial charge in [-0.2, -0.15) is 0 Å². The van der Waals surface area contributed by atoms with Gasteiger partial charge in [0.2, 0.25) is 0 Å². The van der Waals surface area contributed by atoms with Crippen molar-refractivity contribution in [3.8, 4) is 5.75 Å². The maximum atomic E-state index is 15.0. The van der Waals surface area contributed by atoms with Crippen molar-refractivity contribution < 1.29 is 18.6 Å². The topological polar surface area (TPSA) is 82.5 Å². The van der Waals surface area contributed by atoms with Gasteiger partial charge in [0, 0.05) is 18.7 Å². The number of aromatic amines is 1. The fraction of sp³-hybridized carbons (Fsp3) is 0.241. The van der Waals surface area contributed by atoms with E-state index in [0.717, 1.165) is 21.3 Å². The zero-order valence-electron chi connectivity index (χ0n) is 20.3. The highest BCUT2D eigenvalue weighted by Crippen LogP contribution is 2.42. The molecule has 1 saturated heterocycles. The van der Waals surface area contributed by atoms with Crippen molar-refractivity contribution in [3.05, 3.63) is 135 Å². The number of benzene rings is 3. The van der Waals surface area contributed by atoms with Gasteiger partial charge in [0.1, 0.15) is 17.5 Å². The first-order chi connectivity index (χ1) is 18.0. The lowest BCUT2D eigenvalue weighted by atomic mass is 9.80. The van der Waals surface area contributed by atoms with Crippen LogP contribution < -0.4 is 16.0 Å². The first-order valence-electron chi connectivity index (χ1n) is 12.0. The maximum Gasteiger partial charge on any atom is 0.330 e. The summed E-state index contributed by atoms with van der Waals surface area (Å²) in [5, 5.41) is 0. The molecule has 4 aromatic rings. The molecule has 0 aliphatic carbocycles. The average molecular weight is 503 g/mol. The molecule has 0 saturated carbocycles. The van der Waals surface area contributed by atoms with Gasteiger partial charge in [-0.25, -0.2) is 9.18 Å². The second-order valence-corrected chi connectivity index (χ2v) is 8.87. The molecule has 1 aliphatic rings. The monoisotopic (exact) mass is 502 g/mol. The molecule has 7 nitrogen and oxygen atoms in total. The lowest BCUT2D eigenvalue weighted by molar-refractivity contribution is -0.0825. The first kappa shape index (κ1) is 24.7. The number of hydrogen-bond acceptors (Lipinski definition) is 5. The van der Waals surface area contributed by atoms with E-state index in [4.69, 9.17) is 14.2 Å². The summed E-state index contributed by atoms with van der Waals surface area (Å²) in [7, 11) is 1.61. The Bertz CT molecular complexity index is 1400. The van der Waals surface area contributed by atoms with Gasteiger partial charge >= 0.3 is 5.69 Å². The van der Waals surface area contributed by atoms with Gasteiger partial charge in [-0.15, -0.1) is 0 Å². The van der Waals surface area contributed by atoms with Crippen LogP contribution in [0, 0.1) is 0 Å². The molecule has 0 radical (unpaired) electrons. The summed E-state index contributed by atoms with van der Waals surface area (Å²) in [6.07, 6.45) is -1.93. The van der Waals surface area contributed by atoms with Crippen LogP contribution in [0.15, 0.2) is 107 Å². The number of methoxy groups -OCH3 is 1. The van der Waals surface area contributed by atoms with E-state index < -0.39 is 35.4 Å². The fourth-order valence-corrected chi connectivity index (χ4v) is 4.82. The van der Waals surface area contributed by atoms with Crippen molar-refractivity contribution in [1.29, 1.82) is 0 Å². The minimum absolute atomic E-state index is 0.0402. The molecule has 8 heteroatoms. The molecule has 1 aliphatic heterocycles. The number of ether oxygens (including phenoxy) is 3. The van der Waals surface area contributed by atoms with E-state index in [-0.39, 0.29) is 13.0 Å². The second-order valence-electron chi connectivity index (χ2n) is 8.87. The smallest absolute Gasteiger partial charge is 0.330 e. The molecule has 0 spiro atoms. The summed E-state index contributed by atoms with van der Waals surface area (Å²) in [5.41, 5.74) is 0.377. The summed E-state index contributed by atoms with van der Waals surface area (Å²) < 4.78 is 34.2. The number of hydrogen-bond donors (Lipinski definition) is 1. The maximum absolute atomic E-state index is 15.0. The van der Waals surface area contributed by atoms with Crippen molar-refractivity contribution in [2.24, 2.45) is 0 Å². The van der Waals surface area contributed by atoms with Gasteiger partial charge < -0.3 is 14.2 Å². The molecule has 0 unspecified atom stereocenters. The summed E-state index contributed by atoms with van der Waals surface area (Å²) in [6, 6.07) is 28.5. The van der Waals surface area contributed by atoms with Gasteiger partial charge in [-0.05, 0) is 28.8 Å². The van der Waals surface area contributed by atoms with Crippen LogP contribution in [0.25, 0.3) is 0 Å². The molecule has 0 amide bonds. The van der Waals surface area contributed by atoms with E-state index in [0.29, 0.717) is 5.75 Å². The Morgan fingerprint density at radius 2 is 1.51 bits per heavy atom. The Kier molecular flexibility index (Phi) is 7.03. The summed E-state index contributed by atoms with van der Waals surface area (Å²) >= 11 is 0. The standard InChI is InChI=1S/C29H27FN2O5/c1-35-23-14-12-22(13-15-23)29(20-8-4-2-5-9-20,21-10-6-3-7-11-21)36-19-24-18-25(30)27(37-24)32-17-16-26(33)31-28(32)34/h2-17,24-25,27H,18-19H2,1H3,(H,31,33,34)/t24-,25-,27+/m0/s1. The lowest BCUT2D eigenvalue weighted by Gasteiger charge is -2.36. The molecule has 3 atom stereocenters. The predicted octanol–water partition coefficient (Wildman–Crippen LogP) is 4.18. The van der Waals surface area contributed by atoms with E-state index in [1.54, 1.807) is 7.11 Å². The summed E-state index contributed by atoms with van der Waals surface area (Å²) in [6.45, 7) is 0.0604. The minimum Gasteiger partial charge on any atom is -0.497 e. The van der Waals surface area contributed by atoms with E-state index in [1.165, 1.54) is 12.3 Å². The SMILES string of the molecule is COc1ccc(C(OC[C@@H]2C[C@H](F)[C@H](n3ccc(=O)[nH]c3=O)O2)(c2ccccc2)c2ccccc2)cc1. The van der Waals surface area contributed by atoms with Gasteiger partial charge in [0.15, 0.2) is 6.23 Å². The molecule has 37 heavy (non-hydrogen) atoms. The highest BCUT2D eigenvalue weighted by atomic mass is 19.1. The molecule has 2 heterocycles. The molecule has 1 fully saturated rings. The van der Waals surface area contributed by atoms with Crippen molar-refractivity contribution in [2.75, 3.05) is 13.7 Å². The van der Waals surface area contributed by atoms with E-state index in [2.05, 4.69) is 4.98 Å². The number of alkyl halides is 1. The van der Waals surface area contributed by atoms with Crippen molar-refractivity contribution in [2.45, 2.75) is 30.5 Å². The molecule has 0 bridgehead atoms. The van der Waals surface area contributed by atoms with E-state index in [1.807, 2.05) is 84.9 Å². The van der Waals surface area contributed by atoms with Crippen LogP contribution in [0.2, 0.25) is 0 Å². The Labute approximate surface area is 213 Å². The van der Waals surface area contributed by atoms with Crippen LogP contribution >= 0.6 is 0 Å². The Morgan fingerprint density at radius 3 is 2.08 bits per heavy atom. The number of H-pyrrole nitrogens is 1. The summed E-state index contributed by atoms with van der Waals surface area (Å²) in [4.78, 5) is 25.8. The van der Waals surface area contributed by atoms with Crippen LogP contribution in [0.4, 0.5) is 4.39 Å². The zero-order chi connectivity index (χ0) is 25.8. The number of nitrogens with one attached hydrogen (secondary N) is 1. The number of nitrogens with zero attached hydrogens (tertiary/aromatic N) is 1. The fourth-order valence-electron chi connectivity index (χ4n) is 4.82. The molecular formula is C29H27FN2O5. The Balaban J connectivity index is 1.51. The number of aromatic nitrogens is 2. The van der Waals surface area contributed by atoms with Crippen molar-refractivity contribution in [1.82, 2.24) is 9.55 Å². The minimum atomic E-state index is -1.44. The molecule has 1 aromatic heterocycles. The predicted molar refractivity (Wildman–Crippen MR) is 136 cm³/mol. The highest BCUT2D eigenvalue weighted by molar-refractivity contribution is 5.48. The van der Waals surface area contributed by atoms with Crippen LogP contribution in [-0.4, -0.2) is 35.5 Å². The number of halogens is 1. The van der Waals surface area contributed by atoms with Crippen LogP contribution in [0.3, 0.4) is 0 Å². The molecular weight excluding hydrogens is 475 g/mol. The second kappa shape index (κ2) is 10.5. The van der Waals surface area contributed by atoms with Crippen LogP contribution in [-0.2, 0) is 15.1 Å². The van der Waals surface area contributed by atoms with Crippen molar-refractivity contribution in [3.63, 3.8) is 0 Å². The van der Waals surface area contributed by atoms with Crippen molar-refractivity contribution >= 4 is 0 Å². The van der Waals surface area contributed by atoms with Gasteiger partial charge in [0.25, 0.3) is 5.56 Å². The molecule has 1 N–H and O–H groups in total. The summed E-state index contributed by atoms with van der Waals surface area (Å²) in [5.74, 6) is 0.715. The molecule has 190 valence electrons. The third-order valence-electron chi connectivity index (χ3n) is 6.60. The van der Waals surface area contributed by atoms with Gasteiger partial charge in [-0.3, -0.25) is 14.3 Å². The largest absolute Gasteiger partial charge is 0.497 e. The Morgan fingerprint density at radius 1 is 0.919 bits per heavy atom. The lowest BCUT2D eigenvalue weighted by Crippen LogP contribution is -2.36. The third kappa shape index (κ3) is 4.85. The van der Waals surface area contributed by atoms with Crippen LogP contribution in [0.1, 0.15) is 29.3 Å².